The van der Waals surface area contributed by atoms with Gasteiger partial charge >= 0.3 is 0 Å². The van der Waals surface area contributed by atoms with Crippen molar-refractivity contribution in [2.75, 3.05) is 31.6 Å². The van der Waals surface area contributed by atoms with Crippen LogP contribution in [0, 0.1) is 11.7 Å². The number of halogens is 1. The molecule has 2 nitrogen and oxygen atoms in total. The molecule has 1 unspecified atom stereocenters. The van der Waals surface area contributed by atoms with Gasteiger partial charge in [0.1, 0.15) is 5.82 Å². The predicted octanol–water partition coefficient (Wildman–Crippen LogP) is 2.65. The Balaban J connectivity index is 1.80. The summed E-state index contributed by atoms with van der Waals surface area (Å²) in [5.41, 5.74) is 1.09. The molecule has 17 heavy (non-hydrogen) atoms. The summed E-state index contributed by atoms with van der Waals surface area (Å²) in [6, 6.07) is 6.73. The molecule has 0 spiro atoms. The molecule has 0 amide bonds. The maximum atomic E-state index is 12.8. The third-order valence-corrected chi connectivity index (χ3v) is 3.54. The normalized spacial score (nSPS) is 20.2. The largest absolute Gasteiger partial charge is 0.375 e. The maximum Gasteiger partial charge on any atom is 0.123 e. The van der Waals surface area contributed by atoms with Gasteiger partial charge in [-0.1, -0.05) is 0 Å². The van der Waals surface area contributed by atoms with Crippen LogP contribution in [0.25, 0.3) is 0 Å². The van der Waals surface area contributed by atoms with Crippen LogP contribution in [0.1, 0.15) is 19.3 Å². The molecule has 0 aromatic heterocycles. The minimum atomic E-state index is -0.168. The zero-order valence-electron chi connectivity index (χ0n) is 10.5. The first-order chi connectivity index (χ1) is 8.25. The second kappa shape index (κ2) is 6.01. The van der Waals surface area contributed by atoms with Crippen molar-refractivity contribution in [3.05, 3.63) is 30.1 Å². The molecule has 1 N–H and O–H groups in total. The van der Waals surface area contributed by atoms with Crippen molar-refractivity contribution in [2.24, 2.45) is 5.92 Å². The van der Waals surface area contributed by atoms with E-state index in [0.717, 1.165) is 24.7 Å². The molecule has 2 rings (SSSR count). The van der Waals surface area contributed by atoms with Crippen molar-refractivity contribution in [2.45, 2.75) is 19.3 Å². The minimum absolute atomic E-state index is 0.168. The molecule has 1 aliphatic heterocycles. The number of rotatable bonds is 4. The van der Waals surface area contributed by atoms with Crippen LogP contribution in [0.3, 0.4) is 0 Å². The first-order valence-corrected chi connectivity index (χ1v) is 6.43. The van der Waals surface area contributed by atoms with Gasteiger partial charge in [-0.3, -0.25) is 0 Å². The fourth-order valence-corrected chi connectivity index (χ4v) is 2.37. The van der Waals surface area contributed by atoms with Gasteiger partial charge in [0.2, 0.25) is 0 Å². The Morgan fingerprint density at radius 3 is 2.76 bits per heavy atom. The van der Waals surface area contributed by atoms with Gasteiger partial charge in [-0.15, -0.1) is 0 Å². The van der Waals surface area contributed by atoms with Crippen LogP contribution in [0.2, 0.25) is 0 Å². The summed E-state index contributed by atoms with van der Waals surface area (Å²) < 4.78 is 12.8. The van der Waals surface area contributed by atoms with Crippen molar-refractivity contribution < 1.29 is 4.39 Å². The van der Waals surface area contributed by atoms with Gasteiger partial charge in [-0.2, -0.15) is 0 Å². The fourth-order valence-electron chi connectivity index (χ4n) is 2.37. The number of piperidine rings is 1. The van der Waals surface area contributed by atoms with E-state index in [1.807, 2.05) is 12.1 Å². The van der Waals surface area contributed by atoms with E-state index >= 15 is 0 Å². The van der Waals surface area contributed by atoms with Gasteiger partial charge < -0.3 is 10.2 Å². The monoisotopic (exact) mass is 236 g/mol. The summed E-state index contributed by atoms with van der Waals surface area (Å²) in [4.78, 5) is 2.20. The third kappa shape index (κ3) is 3.70. The Labute approximate surface area is 103 Å². The smallest absolute Gasteiger partial charge is 0.123 e. The van der Waals surface area contributed by atoms with E-state index in [-0.39, 0.29) is 5.82 Å². The van der Waals surface area contributed by atoms with Gasteiger partial charge in [0.25, 0.3) is 0 Å². The Bertz CT molecular complexity index is 331. The zero-order chi connectivity index (χ0) is 12.1. The molecule has 3 heteroatoms. The lowest BCUT2D eigenvalue weighted by molar-refractivity contribution is 0.360. The average Bonchev–Trinajstić information content (AvgIpc) is 2.38. The molecular formula is C14H21FN2. The van der Waals surface area contributed by atoms with Gasteiger partial charge in [-0.25, -0.2) is 4.39 Å². The molecule has 1 aliphatic rings. The number of nitrogens with one attached hydrogen (secondary N) is 1. The van der Waals surface area contributed by atoms with Crippen molar-refractivity contribution in [1.82, 2.24) is 5.32 Å². The highest BCUT2D eigenvalue weighted by atomic mass is 19.1. The fraction of sp³-hybridized carbons (Fsp3) is 0.571. The molecule has 1 aromatic carbocycles. The summed E-state index contributed by atoms with van der Waals surface area (Å²) in [5.74, 6) is 0.630. The Morgan fingerprint density at radius 2 is 2.12 bits per heavy atom. The van der Waals surface area contributed by atoms with E-state index in [1.165, 1.54) is 37.9 Å². The average molecular weight is 236 g/mol. The van der Waals surface area contributed by atoms with Crippen LogP contribution in [-0.2, 0) is 0 Å². The molecule has 0 aliphatic carbocycles. The first-order valence-electron chi connectivity index (χ1n) is 6.43. The zero-order valence-corrected chi connectivity index (χ0v) is 10.5. The second-order valence-corrected chi connectivity index (χ2v) is 4.90. The topological polar surface area (TPSA) is 15.3 Å². The lowest BCUT2D eigenvalue weighted by atomic mass is 9.96. The van der Waals surface area contributed by atoms with Gasteiger partial charge in [0.05, 0.1) is 0 Å². The Morgan fingerprint density at radius 1 is 1.35 bits per heavy atom. The lowest BCUT2D eigenvalue weighted by Crippen LogP contribution is -2.32. The Hall–Kier alpha value is -1.09. The van der Waals surface area contributed by atoms with Crippen molar-refractivity contribution >= 4 is 5.69 Å². The summed E-state index contributed by atoms with van der Waals surface area (Å²) >= 11 is 0. The van der Waals surface area contributed by atoms with Gasteiger partial charge in [-0.05, 0) is 62.5 Å². The third-order valence-electron chi connectivity index (χ3n) is 3.54. The highest BCUT2D eigenvalue weighted by molar-refractivity contribution is 5.45. The SMILES string of the molecule is CN(CCC1CCCNC1)c1ccc(F)cc1. The van der Waals surface area contributed by atoms with Crippen LogP contribution in [0.4, 0.5) is 10.1 Å². The lowest BCUT2D eigenvalue weighted by Gasteiger charge is -2.26. The quantitative estimate of drug-likeness (QED) is 0.864. The molecule has 1 aromatic rings. The van der Waals surface area contributed by atoms with Crippen LogP contribution >= 0.6 is 0 Å². The highest BCUT2D eigenvalue weighted by Crippen LogP contribution is 2.17. The van der Waals surface area contributed by atoms with Gasteiger partial charge in [0, 0.05) is 19.3 Å². The molecule has 94 valence electrons. The molecule has 0 saturated carbocycles. The summed E-state index contributed by atoms with van der Waals surface area (Å²) in [6.45, 7) is 3.36. The second-order valence-electron chi connectivity index (χ2n) is 4.90. The molecule has 1 heterocycles. The van der Waals surface area contributed by atoms with Crippen molar-refractivity contribution in [3.8, 4) is 0 Å². The van der Waals surface area contributed by atoms with E-state index in [2.05, 4.69) is 17.3 Å². The molecule has 1 fully saturated rings. The number of nitrogens with zero attached hydrogens (tertiary/aromatic N) is 1. The molecule has 0 radical (unpaired) electrons. The highest BCUT2D eigenvalue weighted by Gasteiger charge is 2.13. The van der Waals surface area contributed by atoms with Crippen LogP contribution in [0.15, 0.2) is 24.3 Å². The van der Waals surface area contributed by atoms with E-state index in [1.54, 1.807) is 0 Å². The van der Waals surface area contributed by atoms with Crippen molar-refractivity contribution in [3.63, 3.8) is 0 Å². The van der Waals surface area contributed by atoms with E-state index < -0.39 is 0 Å². The van der Waals surface area contributed by atoms with Crippen LogP contribution in [0.5, 0.6) is 0 Å². The predicted molar refractivity (Wildman–Crippen MR) is 69.9 cm³/mol. The summed E-state index contributed by atoms with van der Waals surface area (Å²) in [5, 5.41) is 3.44. The summed E-state index contributed by atoms with van der Waals surface area (Å²) in [6.07, 6.45) is 3.84. The first kappa shape index (κ1) is 12.4. The van der Waals surface area contributed by atoms with Crippen LogP contribution in [-0.4, -0.2) is 26.7 Å². The standard InChI is InChI=1S/C14H21FN2/c1-17(14-6-4-13(15)5-7-14)10-8-12-3-2-9-16-11-12/h4-7,12,16H,2-3,8-11H2,1H3. The van der Waals surface area contributed by atoms with E-state index in [0.29, 0.717) is 0 Å². The minimum Gasteiger partial charge on any atom is -0.375 e. The molecule has 0 bridgehead atoms. The number of benzene rings is 1. The maximum absolute atomic E-state index is 12.8. The molecule has 1 saturated heterocycles. The number of hydrogen-bond donors (Lipinski definition) is 1. The van der Waals surface area contributed by atoms with E-state index in [9.17, 15) is 4.39 Å². The molecule has 1 atom stereocenters. The number of anilines is 1. The van der Waals surface area contributed by atoms with E-state index in [4.69, 9.17) is 0 Å². The summed E-state index contributed by atoms with van der Waals surface area (Å²) in [7, 11) is 2.07. The Kier molecular flexibility index (Phi) is 4.37. The van der Waals surface area contributed by atoms with Gasteiger partial charge in [0.15, 0.2) is 0 Å². The molecular weight excluding hydrogens is 215 g/mol. The van der Waals surface area contributed by atoms with Crippen LogP contribution < -0.4 is 10.2 Å². The van der Waals surface area contributed by atoms with Crippen molar-refractivity contribution in [1.29, 1.82) is 0 Å². The number of hydrogen-bond acceptors (Lipinski definition) is 2.